The maximum atomic E-state index is 13.9. The summed E-state index contributed by atoms with van der Waals surface area (Å²) in [5.74, 6) is -0.347. The van der Waals surface area contributed by atoms with Crippen molar-refractivity contribution in [3.05, 3.63) is 53.6 Å². The predicted octanol–water partition coefficient (Wildman–Crippen LogP) is 3.41. The molecule has 2 atom stereocenters. The maximum absolute atomic E-state index is 13.9. The van der Waals surface area contributed by atoms with Crippen LogP contribution in [0.25, 0.3) is 0 Å². The quantitative estimate of drug-likeness (QED) is 0.856. The second kappa shape index (κ2) is 7.70. The standard InChI is InChI=1S/C19H20F2N2O3/c1-11(15-5-3-13(20)9-16(15)21)22-12(2)19(24)23-14-4-6-17-18(10-14)26-8-7-25-17/h3-6,9-12,22H,7-8H2,1-2H3,(H,23,24)/t11-,12+/m0/s1. The lowest BCUT2D eigenvalue weighted by atomic mass is 10.1. The molecule has 2 aromatic carbocycles. The van der Waals surface area contributed by atoms with Crippen LogP contribution < -0.4 is 20.1 Å². The van der Waals surface area contributed by atoms with Gasteiger partial charge in [-0.25, -0.2) is 8.78 Å². The van der Waals surface area contributed by atoms with Gasteiger partial charge in [0.1, 0.15) is 24.8 Å². The van der Waals surface area contributed by atoms with Crippen molar-refractivity contribution in [2.24, 2.45) is 0 Å². The predicted molar refractivity (Wildman–Crippen MR) is 93.4 cm³/mol. The Balaban J connectivity index is 1.62. The van der Waals surface area contributed by atoms with Gasteiger partial charge in [-0.05, 0) is 32.0 Å². The third-order valence-electron chi connectivity index (χ3n) is 4.13. The molecule has 2 N–H and O–H groups in total. The molecule has 5 nitrogen and oxygen atoms in total. The summed E-state index contributed by atoms with van der Waals surface area (Å²) in [6.07, 6.45) is 0. The molecule has 1 aliphatic heterocycles. The zero-order valence-electron chi connectivity index (χ0n) is 14.5. The lowest BCUT2D eigenvalue weighted by molar-refractivity contribution is -0.117. The van der Waals surface area contributed by atoms with Crippen LogP contribution in [0.4, 0.5) is 14.5 Å². The Kier molecular flexibility index (Phi) is 5.37. The van der Waals surface area contributed by atoms with E-state index in [0.717, 1.165) is 6.07 Å². The Bertz CT molecular complexity index is 813. The molecule has 0 fully saturated rings. The molecule has 0 saturated carbocycles. The van der Waals surface area contributed by atoms with E-state index in [1.807, 2.05) is 0 Å². The Labute approximate surface area is 150 Å². The van der Waals surface area contributed by atoms with Crippen LogP contribution in [-0.4, -0.2) is 25.2 Å². The number of rotatable bonds is 5. The summed E-state index contributed by atoms with van der Waals surface area (Å²) in [4.78, 5) is 12.4. The van der Waals surface area contributed by atoms with Crippen molar-refractivity contribution in [3.8, 4) is 11.5 Å². The van der Waals surface area contributed by atoms with Crippen molar-refractivity contribution in [2.75, 3.05) is 18.5 Å². The second-order valence-corrected chi connectivity index (χ2v) is 6.12. The fourth-order valence-electron chi connectivity index (χ4n) is 2.76. The highest BCUT2D eigenvalue weighted by atomic mass is 19.1. The van der Waals surface area contributed by atoms with Crippen molar-refractivity contribution < 1.29 is 23.0 Å². The van der Waals surface area contributed by atoms with E-state index in [0.29, 0.717) is 36.0 Å². The SMILES string of the molecule is C[C@H](N[C@H](C)C(=O)Nc1ccc2c(c1)OCCO2)c1ccc(F)cc1F. The minimum atomic E-state index is -0.649. The van der Waals surface area contributed by atoms with Crippen LogP contribution in [0.3, 0.4) is 0 Å². The smallest absolute Gasteiger partial charge is 0.241 e. The molecular weight excluding hydrogens is 342 g/mol. The zero-order valence-corrected chi connectivity index (χ0v) is 14.5. The summed E-state index contributed by atoms with van der Waals surface area (Å²) in [6.45, 7) is 4.34. The molecule has 26 heavy (non-hydrogen) atoms. The van der Waals surface area contributed by atoms with Gasteiger partial charge in [-0.2, -0.15) is 0 Å². The third kappa shape index (κ3) is 4.11. The molecule has 1 aliphatic rings. The Morgan fingerprint density at radius 2 is 1.77 bits per heavy atom. The number of benzene rings is 2. The monoisotopic (exact) mass is 362 g/mol. The molecule has 0 bridgehead atoms. The molecule has 0 aliphatic carbocycles. The van der Waals surface area contributed by atoms with Gasteiger partial charge in [-0.15, -0.1) is 0 Å². The van der Waals surface area contributed by atoms with E-state index >= 15 is 0 Å². The highest BCUT2D eigenvalue weighted by molar-refractivity contribution is 5.94. The Morgan fingerprint density at radius 1 is 1.04 bits per heavy atom. The van der Waals surface area contributed by atoms with Gasteiger partial charge in [0.15, 0.2) is 11.5 Å². The molecule has 0 unspecified atom stereocenters. The summed E-state index contributed by atoms with van der Waals surface area (Å²) in [7, 11) is 0. The van der Waals surface area contributed by atoms with Crippen LogP contribution in [0.1, 0.15) is 25.5 Å². The van der Waals surface area contributed by atoms with E-state index in [1.165, 1.54) is 12.1 Å². The topological polar surface area (TPSA) is 59.6 Å². The van der Waals surface area contributed by atoms with Crippen molar-refractivity contribution in [3.63, 3.8) is 0 Å². The zero-order chi connectivity index (χ0) is 18.7. The average Bonchev–Trinajstić information content (AvgIpc) is 2.61. The minimum Gasteiger partial charge on any atom is -0.486 e. The molecular formula is C19H20F2N2O3. The van der Waals surface area contributed by atoms with Gasteiger partial charge in [0.2, 0.25) is 5.91 Å². The fourth-order valence-corrected chi connectivity index (χ4v) is 2.76. The molecule has 1 amide bonds. The number of nitrogens with one attached hydrogen (secondary N) is 2. The van der Waals surface area contributed by atoms with Gasteiger partial charge in [0.25, 0.3) is 0 Å². The van der Waals surface area contributed by atoms with E-state index in [2.05, 4.69) is 10.6 Å². The molecule has 138 valence electrons. The van der Waals surface area contributed by atoms with Crippen LogP contribution in [0, 0.1) is 11.6 Å². The van der Waals surface area contributed by atoms with Gasteiger partial charge < -0.3 is 14.8 Å². The lowest BCUT2D eigenvalue weighted by Gasteiger charge is -2.21. The molecule has 2 aromatic rings. The van der Waals surface area contributed by atoms with Crippen LogP contribution in [0.2, 0.25) is 0 Å². The van der Waals surface area contributed by atoms with Gasteiger partial charge >= 0.3 is 0 Å². The Hall–Kier alpha value is -2.67. The first-order chi connectivity index (χ1) is 12.4. The number of hydrogen-bond acceptors (Lipinski definition) is 4. The average molecular weight is 362 g/mol. The maximum Gasteiger partial charge on any atom is 0.241 e. The molecule has 3 rings (SSSR count). The van der Waals surface area contributed by atoms with Gasteiger partial charge in [-0.1, -0.05) is 6.07 Å². The third-order valence-corrected chi connectivity index (χ3v) is 4.13. The number of amides is 1. The summed E-state index contributed by atoms with van der Waals surface area (Å²) in [5, 5.41) is 5.79. The first-order valence-corrected chi connectivity index (χ1v) is 8.35. The molecule has 1 heterocycles. The number of ether oxygens (including phenoxy) is 2. The normalized spacial score (nSPS) is 15.2. The van der Waals surface area contributed by atoms with Crippen LogP contribution >= 0.6 is 0 Å². The van der Waals surface area contributed by atoms with E-state index in [1.54, 1.807) is 32.0 Å². The van der Waals surface area contributed by atoms with Gasteiger partial charge in [0.05, 0.1) is 6.04 Å². The van der Waals surface area contributed by atoms with E-state index in [4.69, 9.17) is 9.47 Å². The summed E-state index contributed by atoms with van der Waals surface area (Å²) in [5.41, 5.74) is 0.874. The summed E-state index contributed by atoms with van der Waals surface area (Å²) >= 11 is 0. The number of carbonyl (C=O) groups excluding carboxylic acids is 1. The molecule has 7 heteroatoms. The van der Waals surface area contributed by atoms with Crippen molar-refractivity contribution >= 4 is 11.6 Å². The van der Waals surface area contributed by atoms with Crippen molar-refractivity contribution in [2.45, 2.75) is 25.9 Å². The van der Waals surface area contributed by atoms with Gasteiger partial charge in [-0.3, -0.25) is 10.1 Å². The van der Waals surface area contributed by atoms with Crippen molar-refractivity contribution in [1.29, 1.82) is 0 Å². The van der Waals surface area contributed by atoms with Gasteiger partial charge in [0, 0.05) is 29.4 Å². The van der Waals surface area contributed by atoms with Crippen molar-refractivity contribution in [1.82, 2.24) is 5.32 Å². The summed E-state index contributed by atoms with van der Waals surface area (Å²) < 4.78 is 37.8. The highest BCUT2D eigenvalue weighted by Crippen LogP contribution is 2.32. The van der Waals surface area contributed by atoms with Crippen LogP contribution in [0.15, 0.2) is 36.4 Å². The largest absolute Gasteiger partial charge is 0.486 e. The van der Waals surface area contributed by atoms with E-state index in [9.17, 15) is 13.6 Å². The second-order valence-electron chi connectivity index (χ2n) is 6.12. The molecule has 0 aromatic heterocycles. The van der Waals surface area contributed by atoms with Crippen LogP contribution in [-0.2, 0) is 4.79 Å². The van der Waals surface area contributed by atoms with E-state index < -0.39 is 23.7 Å². The van der Waals surface area contributed by atoms with E-state index in [-0.39, 0.29) is 5.91 Å². The highest BCUT2D eigenvalue weighted by Gasteiger charge is 2.20. The fraction of sp³-hybridized carbons (Fsp3) is 0.316. The number of anilines is 1. The molecule has 0 saturated heterocycles. The lowest BCUT2D eigenvalue weighted by Crippen LogP contribution is -2.39. The first-order valence-electron chi connectivity index (χ1n) is 8.35. The van der Waals surface area contributed by atoms with Crippen LogP contribution in [0.5, 0.6) is 11.5 Å². The number of fused-ring (bicyclic) bond motifs is 1. The summed E-state index contributed by atoms with van der Waals surface area (Å²) in [6, 6.07) is 7.49. The molecule has 0 spiro atoms. The number of halogens is 2. The number of carbonyl (C=O) groups is 1. The number of hydrogen-bond donors (Lipinski definition) is 2. The molecule has 0 radical (unpaired) electrons. The Morgan fingerprint density at radius 3 is 2.50 bits per heavy atom. The first kappa shape index (κ1) is 18.1. The minimum absolute atomic E-state index is 0.281.